The second-order valence-electron chi connectivity index (χ2n) is 2.05. The van der Waals surface area contributed by atoms with Crippen LogP contribution in [0.3, 0.4) is 0 Å². The van der Waals surface area contributed by atoms with E-state index in [9.17, 15) is 5.11 Å². The van der Waals surface area contributed by atoms with Crippen molar-refractivity contribution in [1.29, 1.82) is 0 Å². The largest absolute Gasteiger partial charge is 0.507 e. The van der Waals surface area contributed by atoms with Crippen LogP contribution in [0.15, 0.2) is 23.1 Å². The lowest BCUT2D eigenvalue weighted by molar-refractivity contribution is 0.462. The summed E-state index contributed by atoms with van der Waals surface area (Å²) in [4.78, 5) is 0.861. The van der Waals surface area contributed by atoms with Crippen LogP contribution in [0.2, 0.25) is 0 Å². The molecule has 0 amide bonds. The Labute approximate surface area is 71.7 Å². The molecule has 0 aromatic heterocycles. The van der Waals surface area contributed by atoms with E-state index in [2.05, 4.69) is 14.8 Å². The van der Waals surface area contributed by atoms with E-state index in [4.69, 9.17) is 0 Å². The van der Waals surface area contributed by atoms with Crippen molar-refractivity contribution in [2.45, 2.75) is 11.8 Å². The molecule has 0 aliphatic rings. The van der Waals surface area contributed by atoms with Gasteiger partial charge in [0.1, 0.15) is 5.75 Å². The third-order valence-corrected chi connectivity index (χ3v) is 2.74. The molecule has 0 spiro atoms. The minimum atomic E-state index is 0.326. The Morgan fingerprint density at radius 2 is 2.20 bits per heavy atom. The SMILES string of the molecule is Cc1ccc(O)c(SBr)c1. The summed E-state index contributed by atoms with van der Waals surface area (Å²) in [7, 11) is 1.37. The van der Waals surface area contributed by atoms with Crippen LogP contribution in [-0.2, 0) is 0 Å². The topological polar surface area (TPSA) is 20.2 Å². The number of rotatable bonds is 1. The molecule has 54 valence electrons. The number of aryl methyl sites for hydroxylation is 1. The lowest BCUT2D eigenvalue weighted by Crippen LogP contribution is -1.73. The van der Waals surface area contributed by atoms with Gasteiger partial charge in [-0.1, -0.05) is 6.07 Å². The number of phenolic OH excluding ortho intramolecular Hbond substituents is 1. The van der Waals surface area contributed by atoms with Crippen LogP contribution in [0.4, 0.5) is 0 Å². The fourth-order valence-corrected chi connectivity index (χ4v) is 1.84. The van der Waals surface area contributed by atoms with Crippen LogP contribution in [0, 0.1) is 6.92 Å². The Balaban J connectivity index is 3.09. The van der Waals surface area contributed by atoms with Gasteiger partial charge in [0.05, 0.1) is 4.90 Å². The van der Waals surface area contributed by atoms with Gasteiger partial charge in [-0.3, -0.25) is 0 Å². The highest BCUT2D eigenvalue weighted by Gasteiger charge is 1.98. The van der Waals surface area contributed by atoms with Gasteiger partial charge in [-0.05, 0) is 49.6 Å². The van der Waals surface area contributed by atoms with Crippen LogP contribution < -0.4 is 0 Å². The first-order valence-electron chi connectivity index (χ1n) is 2.82. The number of benzene rings is 1. The molecule has 1 rings (SSSR count). The lowest BCUT2D eigenvalue weighted by Gasteiger charge is -1.99. The van der Waals surface area contributed by atoms with Crippen LogP contribution in [0.5, 0.6) is 5.75 Å². The van der Waals surface area contributed by atoms with Crippen LogP contribution in [0.1, 0.15) is 5.56 Å². The van der Waals surface area contributed by atoms with E-state index >= 15 is 0 Å². The molecule has 0 aliphatic carbocycles. The zero-order valence-corrected chi connectivity index (χ0v) is 7.87. The fraction of sp³-hybridized carbons (Fsp3) is 0.143. The van der Waals surface area contributed by atoms with E-state index in [1.807, 2.05) is 19.1 Å². The Morgan fingerprint density at radius 1 is 1.50 bits per heavy atom. The number of aromatic hydroxyl groups is 1. The zero-order valence-electron chi connectivity index (χ0n) is 5.47. The predicted octanol–water partition coefficient (Wildman–Crippen LogP) is 3.10. The van der Waals surface area contributed by atoms with Crippen LogP contribution in [-0.4, -0.2) is 5.11 Å². The smallest absolute Gasteiger partial charge is 0.130 e. The Kier molecular flexibility index (Phi) is 2.63. The molecular weight excluding hydrogens is 212 g/mol. The van der Waals surface area contributed by atoms with Crippen molar-refractivity contribution >= 4 is 25.0 Å². The molecule has 0 unspecified atom stereocenters. The summed E-state index contributed by atoms with van der Waals surface area (Å²) < 4.78 is 0. The predicted molar refractivity (Wildman–Crippen MR) is 47.6 cm³/mol. The second kappa shape index (κ2) is 3.30. The summed E-state index contributed by atoms with van der Waals surface area (Å²) in [6.07, 6.45) is 0. The summed E-state index contributed by atoms with van der Waals surface area (Å²) in [5.41, 5.74) is 1.15. The monoisotopic (exact) mass is 218 g/mol. The maximum absolute atomic E-state index is 9.18. The van der Waals surface area contributed by atoms with Gasteiger partial charge in [0.25, 0.3) is 0 Å². The molecule has 1 aromatic carbocycles. The van der Waals surface area contributed by atoms with Crippen molar-refractivity contribution in [3.05, 3.63) is 23.8 Å². The number of hydrogen-bond acceptors (Lipinski definition) is 2. The van der Waals surface area contributed by atoms with E-state index in [1.165, 1.54) is 10.2 Å². The molecule has 0 heterocycles. The quantitative estimate of drug-likeness (QED) is 0.783. The van der Waals surface area contributed by atoms with Crippen molar-refractivity contribution in [3.8, 4) is 5.75 Å². The van der Waals surface area contributed by atoms with Gasteiger partial charge in [0.15, 0.2) is 0 Å². The first-order valence-corrected chi connectivity index (χ1v) is 5.48. The first kappa shape index (κ1) is 7.95. The van der Waals surface area contributed by atoms with Crippen LogP contribution >= 0.6 is 25.0 Å². The van der Waals surface area contributed by atoms with Gasteiger partial charge in [-0.15, -0.1) is 0 Å². The summed E-state index contributed by atoms with van der Waals surface area (Å²) in [6, 6.07) is 5.50. The average molecular weight is 219 g/mol. The molecule has 1 N–H and O–H groups in total. The normalized spacial score (nSPS) is 9.80. The Hall–Kier alpha value is -0.150. The molecule has 1 nitrogen and oxygen atoms in total. The summed E-state index contributed by atoms with van der Waals surface area (Å²) >= 11 is 3.20. The first-order chi connectivity index (χ1) is 4.74. The molecule has 3 heteroatoms. The van der Waals surface area contributed by atoms with Crippen LogP contribution in [0.25, 0.3) is 0 Å². The summed E-state index contributed by atoms with van der Waals surface area (Å²) in [5.74, 6) is 0.326. The van der Waals surface area contributed by atoms with Gasteiger partial charge in [-0.2, -0.15) is 0 Å². The van der Waals surface area contributed by atoms with E-state index in [0.717, 1.165) is 10.5 Å². The maximum Gasteiger partial charge on any atom is 0.130 e. The highest BCUT2D eigenvalue weighted by Crippen LogP contribution is 2.32. The maximum atomic E-state index is 9.18. The Bertz CT molecular complexity index is 237. The van der Waals surface area contributed by atoms with Crippen molar-refractivity contribution in [2.24, 2.45) is 0 Å². The summed E-state index contributed by atoms with van der Waals surface area (Å²) in [6.45, 7) is 1.99. The third kappa shape index (κ3) is 1.67. The standard InChI is InChI=1S/C7H7BrOS/c1-5-2-3-6(9)7(4-5)10-8/h2-4,9H,1H3. The van der Waals surface area contributed by atoms with E-state index < -0.39 is 0 Å². The van der Waals surface area contributed by atoms with Gasteiger partial charge < -0.3 is 5.11 Å². The van der Waals surface area contributed by atoms with E-state index in [0.29, 0.717) is 5.75 Å². The molecule has 0 aliphatic heterocycles. The molecule has 0 fully saturated rings. The van der Waals surface area contributed by atoms with Gasteiger partial charge in [0, 0.05) is 0 Å². The minimum absolute atomic E-state index is 0.326. The Morgan fingerprint density at radius 3 is 2.70 bits per heavy atom. The highest BCUT2D eigenvalue weighted by molar-refractivity contribution is 9.50. The molecule has 0 radical (unpaired) electrons. The molecule has 1 aromatic rings. The van der Waals surface area contributed by atoms with Crippen molar-refractivity contribution in [1.82, 2.24) is 0 Å². The number of hydrogen-bond donors (Lipinski definition) is 1. The molecule has 0 saturated carbocycles. The zero-order chi connectivity index (χ0) is 7.56. The van der Waals surface area contributed by atoms with Gasteiger partial charge in [0.2, 0.25) is 0 Å². The highest BCUT2D eigenvalue weighted by atomic mass is 79.9. The minimum Gasteiger partial charge on any atom is -0.507 e. The summed E-state index contributed by atoms with van der Waals surface area (Å²) in [5, 5.41) is 9.18. The number of halogens is 1. The fourth-order valence-electron chi connectivity index (χ4n) is 0.683. The third-order valence-electron chi connectivity index (χ3n) is 1.20. The second-order valence-corrected chi connectivity index (χ2v) is 3.61. The van der Waals surface area contributed by atoms with Crippen molar-refractivity contribution in [3.63, 3.8) is 0 Å². The average Bonchev–Trinajstić information content (AvgIpc) is 1.94. The molecule has 0 bridgehead atoms. The van der Waals surface area contributed by atoms with Gasteiger partial charge >= 0.3 is 0 Å². The lowest BCUT2D eigenvalue weighted by atomic mass is 10.2. The van der Waals surface area contributed by atoms with E-state index in [1.54, 1.807) is 6.07 Å². The molecule has 0 saturated heterocycles. The van der Waals surface area contributed by atoms with Crippen molar-refractivity contribution < 1.29 is 5.11 Å². The molecule has 0 atom stereocenters. The van der Waals surface area contributed by atoms with E-state index in [-0.39, 0.29) is 0 Å². The molecular formula is C7H7BrOS. The number of phenols is 1. The molecule has 10 heavy (non-hydrogen) atoms. The van der Waals surface area contributed by atoms with Crippen molar-refractivity contribution in [2.75, 3.05) is 0 Å². The van der Waals surface area contributed by atoms with Gasteiger partial charge in [-0.25, -0.2) is 0 Å².